The highest BCUT2D eigenvalue weighted by Crippen LogP contribution is 2.17. The van der Waals surface area contributed by atoms with Gasteiger partial charge >= 0.3 is 0 Å². The SMILES string of the molecule is CCOc1ccc(NC(=O)c2ccnc(Nc3ccc(F)cc3)n2)cc1. The molecular weight excluding hydrogens is 335 g/mol. The fourth-order valence-corrected chi connectivity index (χ4v) is 2.20. The normalized spacial score (nSPS) is 10.2. The standard InChI is InChI=1S/C19H17FN4O2/c1-2-26-16-9-7-14(8-10-16)22-18(25)17-11-12-21-19(24-17)23-15-5-3-13(20)4-6-15/h3-12H,2H2,1H3,(H,22,25)(H,21,23,24). The number of amides is 1. The largest absolute Gasteiger partial charge is 0.494 e. The number of carbonyl (C=O) groups excluding carboxylic acids is 1. The molecule has 0 atom stereocenters. The van der Waals surface area contributed by atoms with Crippen LogP contribution in [0.5, 0.6) is 5.75 Å². The zero-order valence-corrected chi connectivity index (χ0v) is 14.1. The number of halogens is 1. The van der Waals surface area contributed by atoms with E-state index in [1.807, 2.05) is 6.92 Å². The molecule has 1 heterocycles. The summed E-state index contributed by atoms with van der Waals surface area (Å²) in [5.41, 5.74) is 1.46. The first-order valence-electron chi connectivity index (χ1n) is 8.04. The molecule has 1 aromatic heterocycles. The van der Waals surface area contributed by atoms with Gasteiger partial charge in [-0.2, -0.15) is 0 Å². The smallest absolute Gasteiger partial charge is 0.274 e. The van der Waals surface area contributed by atoms with Gasteiger partial charge in [0.05, 0.1) is 6.61 Å². The summed E-state index contributed by atoms with van der Waals surface area (Å²) in [4.78, 5) is 20.6. The Morgan fingerprint density at radius 3 is 2.42 bits per heavy atom. The van der Waals surface area contributed by atoms with E-state index in [0.29, 0.717) is 18.0 Å². The lowest BCUT2D eigenvalue weighted by atomic mass is 10.3. The minimum Gasteiger partial charge on any atom is -0.494 e. The molecule has 0 aliphatic carbocycles. The van der Waals surface area contributed by atoms with Crippen molar-refractivity contribution in [3.63, 3.8) is 0 Å². The van der Waals surface area contributed by atoms with Gasteiger partial charge < -0.3 is 15.4 Å². The number of carbonyl (C=O) groups is 1. The fourth-order valence-electron chi connectivity index (χ4n) is 2.20. The second-order valence-electron chi connectivity index (χ2n) is 5.31. The Balaban J connectivity index is 1.68. The molecule has 0 saturated carbocycles. The van der Waals surface area contributed by atoms with Crippen molar-refractivity contribution >= 4 is 23.2 Å². The number of benzene rings is 2. The van der Waals surface area contributed by atoms with E-state index >= 15 is 0 Å². The maximum atomic E-state index is 13.0. The zero-order valence-electron chi connectivity index (χ0n) is 14.1. The van der Waals surface area contributed by atoms with Gasteiger partial charge in [0.15, 0.2) is 0 Å². The molecule has 3 aromatic rings. The van der Waals surface area contributed by atoms with Gasteiger partial charge in [0, 0.05) is 17.6 Å². The molecule has 7 heteroatoms. The number of nitrogens with zero attached hydrogens (tertiary/aromatic N) is 2. The predicted molar refractivity (Wildman–Crippen MR) is 97.3 cm³/mol. The van der Waals surface area contributed by atoms with E-state index in [4.69, 9.17) is 4.74 Å². The van der Waals surface area contributed by atoms with Gasteiger partial charge in [-0.15, -0.1) is 0 Å². The second kappa shape index (κ2) is 8.06. The van der Waals surface area contributed by atoms with E-state index in [1.165, 1.54) is 24.4 Å². The van der Waals surface area contributed by atoms with Crippen molar-refractivity contribution in [2.24, 2.45) is 0 Å². The summed E-state index contributed by atoms with van der Waals surface area (Å²) < 4.78 is 18.3. The van der Waals surface area contributed by atoms with Crippen LogP contribution in [0.15, 0.2) is 60.8 Å². The molecule has 0 bridgehead atoms. The van der Waals surface area contributed by atoms with Crippen LogP contribution in [0.25, 0.3) is 0 Å². The topological polar surface area (TPSA) is 76.1 Å². The fraction of sp³-hybridized carbons (Fsp3) is 0.105. The molecule has 0 aliphatic heterocycles. The maximum Gasteiger partial charge on any atom is 0.274 e. The molecule has 2 N–H and O–H groups in total. The monoisotopic (exact) mass is 352 g/mol. The third-order valence-electron chi connectivity index (χ3n) is 3.41. The minimum absolute atomic E-state index is 0.207. The van der Waals surface area contributed by atoms with E-state index in [-0.39, 0.29) is 23.4 Å². The highest BCUT2D eigenvalue weighted by Gasteiger charge is 2.10. The number of anilines is 3. The summed E-state index contributed by atoms with van der Waals surface area (Å²) in [7, 11) is 0. The average Bonchev–Trinajstić information content (AvgIpc) is 2.66. The van der Waals surface area contributed by atoms with Crippen LogP contribution in [0.2, 0.25) is 0 Å². The predicted octanol–water partition coefficient (Wildman–Crippen LogP) is 4.01. The lowest BCUT2D eigenvalue weighted by molar-refractivity contribution is 0.102. The highest BCUT2D eigenvalue weighted by molar-refractivity contribution is 6.03. The molecule has 1 amide bonds. The first-order valence-corrected chi connectivity index (χ1v) is 8.04. The third-order valence-corrected chi connectivity index (χ3v) is 3.41. The van der Waals surface area contributed by atoms with Gasteiger partial charge in [0.1, 0.15) is 17.3 Å². The number of rotatable bonds is 6. The second-order valence-corrected chi connectivity index (χ2v) is 5.31. The summed E-state index contributed by atoms with van der Waals surface area (Å²) in [6.45, 7) is 2.48. The van der Waals surface area contributed by atoms with E-state index in [0.717, 1.165) is 5.75 Å². The molecule has 0 fully saturated rings. The van der Waals surface area contributed by atoms with Crippen LogP contribution in [0.1, 0.15) is 17.4 Å². The maximum absolute atomic E-state index is 13.0. The van der Waals surface area contributed by atoms with Crippen molar-refractivity contribution in [3.8, 4) is 5.75 Å². The molecule has 0 spiro atoms. The summed E-state index contributed by atoms with van der Waals surface area (Å²) in [5, 5.41) is 5.69. The number of aromatic nitrogens is 2. The summed E-state index contributed by atoms with van der Waals surface area (Å²) >= 11 is 0. The summed E-state index contributed by atoms with van der Waals surface area (Å²) in [6, 6.07) is 14.3. The Morgan fingerprint density at radius 2 is 1.73 bits per heavy atom. The third kappa shape index (κ3) is 4.54. The first kappa shape index (κ1) is 17.3. The molecule has 0 radical (unpaired) electrons. The number of hydrogen-bond acceptors (Lipinski definition) is 5. The van der Waals surface area contributed by atoms with Crippen LogP contribution in [-0.2, 0) is 0 Å². The van der Waals surface area contributed by atoms with Crippen LogP contribution >= 0.6 is 0 Å². The quantitative estimate of drug-likeness (QED) is 0.701. The van der Waals surface area contributed by atoms with Gasteiger partial charge in [-0.05, 0) is 61.5 Å². The Hall–Kier alpha value is -3.48. The Labute approximate surface area is 150 Å². The van der Waals surface area contributed by atoms with Gasteiger partial charge in [-0.3, -0.25) is 4.79 Å². The summed E-state index contributed by atoms with van der Waals surface area (Å²) in [6.07, 6.45) is 1.48. The van der Waals surface area contributed by atoms with Crippen molar-refractivity contribution in [3.05, 3.63) is 72.3 Å². The summed E-state index contributed by atoms with van der Waals surface area (Å²) in [5.74, 6) is 0.285. The Kier molecular flexibility index (Phi) is 5.38. The van der Waals surface area contributed by atoms with E-state index in [9.17, 15) is 9.18 Å². The van der Waals surface area contributed by atoms with Crippen molar-refractivity contribution in [2.75, 3.05) is 17.2 Å². The molecule has 2 aromatic carbocycles. The van der Waals surface area contributed by atoms with Crippen LogP contribution < -0.4 is 15.4 Å². The van der Waals surface area contributed by atoms with Crippen LogP contribution in [-0.4, -0.2) is 22.5 Å². The lowest BCUT2D eigenvalue weighted by Gasteiger charge is -2.08. The van der Waals surface area contributed by atoms with Gasteiger partial charge in [0.2, 0.25) is 5.95 Å². The molecule has 0 unspecified atom stereocenters. The lowest BCUT2D eigenvalue weighted by Crippen LogP contribution is -2.14. The van der Waals surface area contributed by atoms with Crippen molar-refractivity contribution in [2.45, 2.75) is 6.92 Å². The van der Waals surface area contributed by atoms with Crippen LogP contribution in [0.3, 0.4) is 0 Å². The number of ether oxygens (including phenoxy) is 1. The van der Waals surface area contributed by atoms with E-state index in [1.54, 1.807) is 36.4 Å². The Morgan fingerprint density at radius 1 is 1.04 bits per heavy atom. The highest BCUT2D eigenvalue weighted by atomic mass is 19.1. The van der Waals surface area contributed by atoms with Gasteiger partial charge in [-0.25, -0.2) is 14.4 Å². The van der Waals surface area contributed by atoms with Gasteiger partial charge in [0.25, 0.3) is 5.91 Å². The molecule has 0 aliphatic rings. The number of nitrogens with one attached hydrogen (secondary N) is 2. The van der Waals surface area contributed by atoms with Crippen LogP contribution in [0, 0.1) is 5.82 Å². The molecule has 6 nitrogen and oxygen atoms in total. The first-order chi connectivity index (χ1) is 12.6. The molecule has 3 rings (SSSR count). The molecule has 132 valence electrons. The molecule has 0 saturated heterocycles. The Bertz CT molecular complexity index is 883. The number of hydrogen-bond donors (Lipinski definition) is 2. The minimum atomic E-state index is -0.362. The zero-order chi connectivity index (χ0) is 18.4. The van der Waals surface area contributed by atoms with Crippen LogP contribution in [0.4, 0.5) is 21.7 Å². The molecular formula is C19H17FN4O2. The van der Waals surface area contributed by atoms with Crippen molar-refractivity contribution in [1.82, 2.24) is 9.97 Å². The van der Waals surface area contributed by atoms with Gasteiger partial charge in [-0.1, -0.05) is 0 Å². The average molecular weight is 352 g/mol. The van der Waals surface area contributed by atoms with E-state index in [2.05, 4.69) is 20.6 Å². The van der Waals surface area contributed by atoms with Crippen molar-refractivity contribution in [1.29, 1.82) is 0 Å². The molecule has 26 heavy (non-hydrogen) atoms. The van der Waals surface area contributed by atoms with Crippen molar-refractivity contribution < 1.29 is 13.9 Å². The van der Waals surface area contributed by atoms with E-state index < -0.39 is 0 Å².